The van der Waals surface area contributed by atoms with Crippen molar-refractivity contribution in [3.05, 3.63) is 87.3 Å². The zero-order chi connectivity index (χ0) is 20.2. The average molecular weight is 442 g/mol. The van der Waals surface area contributed by atoms with Crippen LogP contribution in [0.3, 0.4) is 0 Å². The molecule has 4 aromatic rings. The van der Waals surface area contributed by atoms with E-state index in [0.717, 1.165) is 26.9 Å². The van der Waals surface area contributed by atoms with E-state index in [1.807, 2.05) is 54.6 Å². The summed E-state index contributed by atoms with van der Waals surface area (Å²) in [5.41, 5.74) is 1.97. The summed E-state index contributed by atoms with van der Waals surface area (Å²) >= 11 is 13.5. The number of amides is 1. The molecule has 0 spiro atoms. The van der Waals surface area contributed by atoms with Crippen LogP contribution in [0.25, 0.3) is 10.8 Å². The number of nitrogens with one attached hydrogen (secondary N) is 2. The van der Waals surface area contributed by atoms with E-state index in [0.29, 0.717) is 21.6 Å². The SMILES string of the molecule is O=C(CNc1cccc2ccccc12)Nc1ncc(Cc2ccc(Cl)c(Cl)c2)s1. The van der Waals surface area contributed by atoms with E-state index in [4.69, 9.17) is 23.2 Å². The van der Waals surface area contributed by atoms with Gasteiger partial charge in [0.25, 0.3) is 0 Å². The van der Waals surface area contributed by atoms with Crippen molar-refractivity contribution in [2.45, 2.75) is 6.42 Å². The van der Waals surface area contributed by atoms with Gasteiger partial charge >= 0.3 is 0 Å². The largest absolute Gasteiger partial charge is 0.376 e. The number of fused-ring (bicyclic) bond motifs is 1. The van der Waals surface area contributed by atoms with Crippen LogP contribution in [-0.2, 0) is 11.2 Å². The Morgan fingerprint density at radius 2 is 1.83 bits per heavy atom. The number of rotatable bonds is 6. The minimum Gasteiger partial charge on any atom is -0.376 e. The smallest absolute Gasteiger partial charge is 0.245 e. The first-order valence-corrected chi connectivity index (χ1v) is 10.6. The number of halogens is 2. The summed E-state index contributed by atoms with van der Waals surface area (Å²) < 4.78 is 0. The Kier molecular flexibility index (Phi) is 6.00. The molecule has 29 heavy (non-hydrogen) atoms. The van der Waals surface area contributed by atoms with Crippen LogP contribution >= 0.6 is 34.5 Å². The van der Waals surface area contributed by atoms with E-state index in [-0.39, 0.29) is 12.5 Å². The molecule has 1 heterocycles. The van der Waals surface area contributed by atoms with Crippen LogP contribution in [0.1, 0.15) is 10.4 Å². The molecule has 3 aromatic carbocycles. The zero-order valence-electron chi connectivity index (χ0n) is 15.3. The fraction of sp³-hybridized carbons (Fsp3) is 0.0909. The number of thiazole rings is 1. The molecular weight excluding hydrogens is 425 g/mol. The second-order valence-corrected chi connectivity index (χ2v) is 8.42. The third-order valence-corrected chi connectivity index (χ3v) is 6.04. The van der Waals surface area contributed by atoms with E-state index >= 15 is 0 Å². The number of anilines is 2. The van der Waals surface area contributed by atoms with Crippen molar-refractivity contribution in [2.75, 3.05) is 17.2 Å². The molecule has 0 fully saturated rings. The highest BCUT2D eigenvalue weighted by Crippen LogP contribution is 2.26. The molecular formula is C22H17Cl2N3OS. The number of aromatic nitrogens is 1. The number of hydrogen-bond donors (Lipinski definition) is 2. The molecule has 1 aromatic heterocycles. The third kappa shape index (κ3) is 4.88. The van der Waals surface area contributed by atoms with Gasteiger partial charge in [-0.05, 0) is 29.1 Å². The van der Waals surface area contributed by atoms with E-state index in [1.54, 1.807) is 12.3 Å². The number of carbonyl (C=O) groups is 1. The fourth-order valence-corrected chi connectivity index (χ4v) is 4.20. The van der Waals surface area contributed by atoms with Crippen molar-refractivity contribution in [2.24, 2.45) is 0 Å². The van der Waals surface area contributed by atoms with Crippen LogP contribution in [0.5, 0.6) is 0 Å². The Hall–Kier alpha value is -2.60. The topological polar surface area (TPSA) is 54.0 Å². The lowest BCUT2D eigenvalue weighted by atomic mass is 10.1. The van der Waals surface area contributed by atoms with Crippen LogP contribution in [0.4, 0.5) is 10.8 Å². The monoisotopic (exact) mass is 441 g/mol. The van der Waals surface area contributed by atoms with Gasteiger partial charge in [0.2, 0.25) is 5.91 Å². The van der Waals surface area contributed by atoms with Crippen molar-refractivity contribution in [3.63, 3.8) is 0 Å². The standard InChI is InChI=1S/C22H17Cl2N3OS/c23-18-9-8-14(11-19(18)24)10-16-12-26-22(29-16)27-21(28)13-25-20-7-3-5-15-4-1-2-6-17(15)20/h1-9,11-12,25H,10,13H2,(H,26,27,28). The maximum Gasteiger partial charge on any atom is 0.245 e. The van der Waals surface area contributed by atoms with Gasteiger partial charge in [-0.2, -0.15) is 0 Å². The molecule has 4 rings (SSSR count). The Balaban J connectivity index is 1.36. The van der Waals surface area contributed by atoms with Crippen LogP contribution < -0.4 is 10.6 Å². The van der Waals surface area contributed by atoms with E-state index in [1.165, 1.54) is 11.3 Å². The van der Waals surface area contributed by atoms with Crippen molar-refractivity contribution >= 4 is 62.0 Å². The van der Waals surface area contributed by atoms with Gasteiger partial charge < -0.3 is 10.6 Å². The van der Waals surface area contributed by atoms with Gasteiger partial charge in [-0.25, -0.2) is 4.98 Å². The second-order valence-electron chi connectivity index (χ2n) is 6.49. The summed E-state index contributed by atoms with van der Waals surface area (Å²) in [5, 5.41) is 9.90. The molecule has 0 aliphatic rings. The fourth-order valence-electron chi connectivity index (χ4n) is 3.02. The third-order valence-electron chi connectivity index (χ3n) is 4.39. The first-order valence-electron chi connectivity index (χ1n) is 8.98. The van der Waals surface area contributed by atoms with Crippen LogP contribution in [0.2, 0.25) is 10.0 Å². The molecule has 146 valence electrons. The molecule has 0 radical (unpaired) electrons. The molecule has 1 amide bonds. The summed E-state index contributed by atoms with van der Waals surface area (Å²) in [6.45, 7) is 0.162. The first-order chi connectivity index (χ1) is 14.1. The van der Waals surface area contributed by atoms with Crippen LogP contribution in [-0.4, -0.2) is 17.4 Å². The maximum atomic E-state index is 12.3. The number of nitrogens with zero attached hydrogens (tertiary/aromatic N) is 1. The average Bonchev–Trinajstić information content (AvgIpc) is 3.15. The van der Waals surface area contributed by atoms with Gasteiger partial charge in [-0.3, -0.25) is 4.79 Å². The maximum absolute atomic E-state index is 12.3. The molecule has 0 aliphatic heterocycles. The van der Waals surface area contributed by atoms with E-state index < -0.39 is 0 Å². The minimum atomic E-state index is -0.145. The lowest BCUT2D eigenvalue weighted by Gasteiger charge is -2.09. The molecule has 0 bridgehead atoms. The molecule has 4 nitrogen and oxygen atoms in total. The predicted octanol–water partition coefficient (Wildman–Crippen LogP) is 6.24. The molecule has 0 saturated heterocycles. The number of benzene rings is 3. The Morgan fingerprint density at radius 3 is 2.69 bits per heavy atom. The summed E-state index contributed by atoms with van der Waals surface area (Å²) in [5.74, 6) is -0.145. The number of hydrogen-bond acceptors (Lipinski definition) is 4. The quantitative estimate of drug-likeness (QED) is 0.371. The van der Waals surface area contributed by atoms with Gasteiger partial charge in [-0.15, -0.1) is 11.3 Å². The summed E-state index contributed by atoms with van der Waals surface area (Å²) in [4.78, 5) is 17.7. The normalized spacial score (nSPS) is 10.8. The lowest BCUT2D eigenvalue weighted by Crippen LogP contribution is -2.21. The van der Waals surface area contributed by atoms with Crippen molar-refractivity contribution in [1.29, 1.82) is 0 Å². The van der Waals surface area contributed by atoms with Crippen molar-refractivity contribution < 1.29 is 4.79 Å². The highest BCUT2D eigenvalue weighted by atomic mass is 35.5. The molecule has 0 saturated carbocycles. The van der Waals surface area contributed by atoms with Crippen LogP contribution in [0.15, 0.2) is 66.9 Å². The highest BCUT2D eigenvalue weighted by molar-refractivity contribution is 7.15. The molecule has 0 aliphatic carbocycles. The Labute approximate surface area is 182 Å². The first kappa shape index (κ1) is 19.7. The molecule has 7 heteroatoms. The van der Waals surface area contributed by atoms with Gasteiger partial charge in [0.05, 0.1) is 16.6 Å². The van der Waals surface area contributed by atoms with Gasteiger partial charge in [0, 0.05) is 28.6 Å². The van der Waals surface area contributed by atoms with Gasteiger partial charge in [0.15, 0.2) is 5.13 Å². The summed E-state index contributed by atoms with van der Waals surface area (Å²) in [6, 6.07) is 19.6. The van der Waals surface area contributed by atoms with Gasteiger partial charge in [-0.1, -0.05) is 65.7 Å². The van der Waals surface area contributed by atoms with E-state index in [2.05, 4.69) is 15.6 Å². The van der Waals surface area contributed by atoms with E-state index in [9.17, 15) is 4.79 Å². The second kappa shape index (κ2) is 8.82. The Morgan fingerprint density at radius 1 is 1.00 bits per heavy atom. The molecule has 0 atom stereocenters. The van der Waals surface area contributed by atoms with Crippen LogP contribution in [0, 0.1) is 0 Å². The summed E-state index contributed by atoms with van der Waals surface area (Å²) in [7, 11) is 0. The van der Waals surface area contributed by atoms with Crippen molar-refractivity contribution in [1.82, 2.24) is 4.98 Å². The predicted molar refractivity (Wildman–Crippen MR) is 122 cm³/mol. The zero-order valence-corrected chi connectivity index (χ0v) is 17.6. The van der Waals surface area contributed by atoms with Gasteiger partial charge in [0.1, 0.15) is 0 Å². The Bertz CT molecular complexity index is 1170. The van der Waals surface area contributed by atoms with Crippen molar-refractivity contribution in [3.8, 4) is 0 Å². The minimum absolute atomic E-state index is 0.145. The molecule has 2 N–H and O–H groups in total. The summed E-state index contributed by atoms with van der Waals surface area (Å²) in [6.07, 6.45) is 2.44. The highest BCUT2D eigenvalue weighted by Gasteiger charge is 2.09. The number of carbonyl (C=O) groups excluding carboxylic acids is 1. The lowest BCUT2D eigenvalue weighted by molar-refractivity contribution is -0.114. The molecule has 0 unspecified atom stereocenters.